The molecule has 0 saturated carbocycles. The van der Waals surface area contributed by atoms with E-state index < -0.39 is 12.0 Å². The van der Waals surface area contributed by atoms with Crippen LogP contribution < -0.4 is 10.6 Å². The molecule has 3 rings (SSSR count). The molecule has 0 bridgehead atoms. The van der Waals surface area contributed by atoms with Gasteiger partial charge in [0.05, 0.1) is 12.0 Å². The van der Waals surface area contributed by atoms with Gasteiger partial charge in [0.2, 0.25) is 5.91 Å². The fraction of sp³-hybridized carbons (Fsp3) is 0.615. The van der Waals surface area contributed by atoms with Gasteiger partial charge in [-0.3, -0.25) is 14.6 Å². The van der Waals surface area contributed by atoms with Crippen molar-refractivity contribution in [2.45, 2.75) is 56.2 Å². The highest BCUT2D eigenvalue weighted by molar-refractivity contribution is 8.01. The maximum absolute atomic E-state index is 13.0. The number of carbonyl (C=O) groups excluding carboxylic acids is 3. The van der Waals surface area contributed by atoms with E-state index in [2.05, 4.69) is 27.2 Å². The molecule has 0 aliphatic carbocycles. The van der Waals surface area contributed by atoms with Crippen LogP contribution in [-0.4, -0.2) is 96.8 Å². The zero-order valence-corrected chi connectivity index (χ0v) is 22.2. The maximum atomic E-state index is 13.0. The number of hydrogen-bond donors (Lipinski definition) is 2. The van der Waals surface area contributed by atoms with Crippen LogP contribution in [0.5, 0.6) is 0 Å². The van der Waals surface area contributed by atoms with Crippen molar-refractivity contribution in [2.75, 3.05) is 51.2 Å². The molecule has 3 atom stereocenters. The summed E-state index contributed by atoms with van der Waals surface area (Å²) in [6.07, 6.45) is 3.86. The first-order chi connectivity index (χ1) is 17.5. The molecule has 0 aromatic heterocycles. The maximum Gasteiger partial charge on any atom is 0.330 e. The number of rotatable bonds is 14. The molecule has 3 unspecified atom stereocenters. The van der Waals surface area contributed by atoms with E-state index in [0.717, 1.165) is 31.7 Å². The van der Waals surface area contributed by atoms with Crippen LogP contribution in [0.3, 0.4) is 0 Å². The molecule has 0 spiro atoms. The number of likely N-dealkylation sites (tertiary alicyclic amines) is 1. The summed E-state index contributed by atoms with van der Waals surface area (Å²) < 4.78 is 5.09. The molecule has 2 fully saturated rings. The number of esters is 1. The first-order valence-electron chi connectivity index (χ1n) is 12.9. The zero-order valence-electron chi connectivity index (χ0n) is 21.4. The van der Waals surface area contributed by atoms with Gasteiger partial charge in [-0.25, -0.2) is 4.79 Å². The minimum atomic E-state index is -0.693. The molecule has 2 heterocycles. The number of hydrogen-bond acceptors (Lipinski definition) is 8. The van der Waals surface area contributed by atoms with E-state index in [1.54, 1.807) is 17.9 Å². The van der Waals surface area contributed by atoms with Gasteiger partial charge < -0.3 is 25.2 Å². The van der Waals surface area contributed by atoms with Crippen molar-refractivity contribution in [2.24, 2.45) is 4.99 Å². The Labute approximate surface area is 221 Å². The van der Waals surface area contributed by atoms with Gasteiger partial charge >= 0.3 is 5.97 Å². The van der Waals surface area contributed by atoms with Crippen molar-refractivity contribution in [3.8, 4) is 0 Å². The molecule has 202 valence electrons. The standard InChI is InChI=1S/C26H39N5O4S.2H2/c1-4-31-23(17-21(27-3)26(34)35-5-2)36-22(25(31)33)18-29-20-11-8-10-19(16-20)24(32)28-12-9-15-30-13-6-7-14-30;;/h8,10-11,16,21-23,29H,3-7,9,12-15,17-18H2,1-2H3,(H,28,32);2*1H. The van der Waals surface area contributed by atoms with Crippen molar-refractivity contribution in [1.82, 2.24) is 15.1 Å². The van der Waals surface area contributed by atoms with E-state index in [1.165, 1.54) is 24.6 Å². The smallest absolute Gasteiger partial charge is 0.330 e. The predicted molar refractivity (Wildman–Crippen MR) is 149 cm³/mol. The lowest BCUT2D eigenvalue weighted by molar-refractivity contribution is -0.145. The summed E-state index contributed by atoms with van der Waals surface area (Å²) in [5.74, 6) is -0.478. The van der Waals surface area contributed by atoms with E-state index in [9.17, 15) is 14.4 Å². The monoisotopic (exact) mass is 521 g/mol. The Hall–Kier alpha value is -2.59. The van der Waals surface area contributed by atoms with E-state index in [1.807, 2.05) is 25.1 Å². The molecule has 2 amide bonds. The third kappa shape index (κ3) is 7.70. The number of benzene rings is 1. The first kappa shape index (κ1) is 28.0. The Morgan fingerprint density at radius 1 is 1.31 bits per heavy atom. The summed E-state index contributed by atoms with van der Waals surface area (Å²) in [4.78, 5) is 45.9. The number of anilines is 1. The fourth-order valence-electron chi connectivity index (χ4n) is 4.59. The molecule has 1 aromatic carbocycles. The first-order valence-corrected chi connectivity index (χ1v) is 13.8. The van der Waals surface area contributed by atoms with Gasteiger partial charge in [0, 0.05) is 40.2 Å². The minimum absolute atomic E-state index is 0. The molecular formula is C26H43N5O4S. The third-order valence-electron chi connectivity index (χ3n) is 6.52. The lowest BCUT2D eigenvalue weighted by Crippen LogP contribution is -2.38. The van der Waals surface area contributed by atoms with Crippen molar-refractivity contribution in [3.05, 3.63) is 29.8 Å². The molecule has 10 heteroatoms. The number of carbonyl (C=O) groups is 3. The number of amides is 2. The summed E-state index contributed by atoms with van der Waals surface area (Å²) >= 11 is 1.52. The van der Waals surface area contributed by atoms with E-state index in [4.69, 9.17) is 4.74 Å². The molecule has 2 aliphatic rings. The van der Waals surface area contributed by atoms with Crippen LogP contribution in [0.15, 0.2) is 29.3 Å². The van der Waals surface area contributed by atoms with Crippen LogP contribution >= 0.6 is 11.8 Å². The van der Waals surface area contributed by atoms with Crippen LogP contribution in [-0.2, 0) is 14.3 Å². The minimum Gasteiger partial charge on any atom is -0.464 e. The molecule has 2 aliphatic heterocycles. The highest BCUT2D eigenvalue weighted by Crippen LogP contribution is 2.35. The average molecular weight is 522 g/mol. The van der Waals surface area contributed by atoms with E-state index >= 15 is 0 Å². The van der Waals surface area contributed by atoms with Gasteiger partial charge in [-0.2, -0.15) is 0 Å². The normalized spacial score (nSPS) is 20.8. The lowest BCUT2D eigenvalue weighted by atomic mass is 10.1. The second-order valence-corrected chi connectivity index (χ2v) is 10.4. The molecule has 9 nitrogen and oxygen atoms in total. The summed E-state index contributed by atoms with van der Waals surface area (Å²) in [6.45, 7) is 12.5. The predicted octanol–water partition coefficient (Wildman–Crippen LogP) is 3.12. The van der Waals surface area contributed by atoms with Crippen molar-refractivity contribution < 1.29 is 22.0 Å². The van der Waals surface area contributed by atoms with Crippen molar-refractivity contribution >= 4 is 42.0 Å². The Balaban J connectivity index is 0.00000361. The Morgan fingerprint density at radius 3 is 2.78 bits per heavy atom. The van der Waals surface area contributed by atoms with Crippen LogP contribution in [0.4, 0.5) is 5.69 Å². The van der Waals surface area contributed by atoms with Crippen molar-refractivity contribution in [3.63, 3.8) is 0 Å². The Morgan fingerprint density at radius 2 is 2.08 bits per heavy atom. The van der Waals surface area contributed by atoms with Crippen LogP contribution in [0, 0.1) is 0 Å². The second-order valence-electron chi connectivity index (χ2n) is 9.01. The third-order valence-corrected chi connectivity index (χ3v) is 7.98. The number of ether oxygens (including phenoxy) is 1. The molecular weight excluding hydrogens is 478 g/mol. The summed E-state index contributed by atoms with van der Waals surface area (Å²) in [5, 5.41) is 5.84. The number of nitrogens with zero attached hydrogens (tertiary/aromatic N) is 3. The number of aliphatic imine (C=N–C) groups is 1. The second kappa shape index (κ2) is 14.2. The molecule has 1 aromatic rings. The number of thioether (sulfide) groups is 1. The molecule has 36 heavy (non-hydrogen) atoms. The van der Waals surface area contributed by atoms with Crippen LogP contribution in [0.2, 0.25) is 0 Å². The fourth-order valence-corrected chi connectivity index (χ4v) is 6.10. The summed E-state index contributed by atoms with van der Waals surface area (Å²) in [7, 11) is 0. The number of nitrogens with one attached hydrogen (secondary N) is 2. The van der Waals surface area contributed by atoms with Crippen molar-refractivity contribution in [1.29, 1.82) is 0 Å². The van der Waals surface area contributed by atoms with Gasteiger partial charge in [-0.05, 0) is 77.7 Å². The zero-order chi connectivity index (χ0) is 25.9. The summed E-state index contributed by atoms with van der Waals surface area (Å²) in [5.41, 5.74) is 1.38. The van der Waals surface area contributed by atoms with E-state index in [-0.39, 0.29) is 31.9 Å². The van der Waals surface area contributed by atoms with Gasteiger partial charge in [0.15, 0.2) is 0 Å². The Bertz CT molecular complexity index is 919. The van der Waals surface area contributed by atoms with Gasteiger partial charge in [-0.1, -0.05) is 6.07 Å². The van der Waals surface area contributed by atoms with Crippen LogP contribution in [0.25, 0.3) is 0 Å². The van der Waals surface area contributed by atoms with Crippen LogP contribution in [0.1, 0.15) is 52.7 Å². The summed E-state index contributed by atoms with van der Waals surface area (Å²) in [6, 6.07) is 6.64. The molecule has 2 saturated heterocycles. The van der Waals surface area contributed by atoms with Gasteiger partial charge in [0.1, 0.15) is 11.3 Å². The average Bonchev–Trinajstić information content (AvgIpc) is 3.51. The SMILES string of the molecule is C=NC(CC1SC(CNc2cccc(C(=O)NCCCN3CCCC3)c2)C(=O)N1CC)C(=O)OCC.[HH].[HH]. The largest absolute Gasteiger partial charge is 0.464 e. The Kier molecular flexibility index (Phi) is 11.1. The quantitative estimate of drug-likeness (QED) is 0.220. The topological polar surface area (TPSA) is 103 Å². The van der Waals surface area contributed by atoms with Gasteiger partial charge in [0.25, 0.3) is 5.91 Å². The van der Waals surface area contributed by atoms with Gasteiger partial charge in [-0.15, -0.1) is 11.8 Å². The molecule has 2 N–H and O–H groups in total. The highest BCUT2D eigenvalue weighted by Gasteiger charge is 2.41. The van der Waals surface area contributed by atoms with E-state index in [0.29, 0.717) is 31.6 Å². The lowest BCUT2D eigenvalue weighted by Gasteiger charge is -2.23. The molecule has 0 radical (unpaired) electrons. The highest BCUT2D eigenvalue weighted by atomic mass is 32.2.